The Labute approximate surface area is 257 Å². The number of phenols is 1. The summed E-state index contributed by atoms with van der Waals surface area (Å²) >= 11 is 0. The molecule has 45 heavy (non-hydrogen) atoms. The van der Waals surface area contributed by atoms with E-state index in [1.54, 1.807) is 30.5 Å². The summed E-state index contributed by atoms with van der Waals surface area (Å²) in [7, 11) is 0. The Morgan fingerprint density at radius 3 is 1.91 bits per heavy atom. The van der Waals surface area contributed by atoms with Crippen LogP contribution in [-0.4, -0.2) is 74.9 Å². The molecule has 0 fully saturated rings. The van der Waals surface area contributed by atoms with E-state index < -0.39 is 59.7 Å². The van der Waals surface area contributed by atoms with E-state index in [2.05, 4.69) is 20.9 Å². The van der Waals surface area contributed by atoms with Gasteiger partial charge in [0.1, 0.15) is 23.9 Å². The molecule has 5 amide bonds. The van der Waals surface area contributed by atoms with Gasteiger partial charge in [-0.1, -0.05) is 30.3 Å². The van der Waals surface area contributed by atoms with Crippen molar-refractivity contribution in [3.05, 3.63) is 65.9 Å². The Bertz CT molecular complexity index is 1540. The summed E-state index contributed by atoms with van der Waals surface area (Å²) in [6.45, 7) is 0. The molecule has 4 atom stereocenters. The first-order valence-electron chi connectivity index (χ1n) is 14.1. The van der Waals surface area contributed by atoms with Crippen LogP contribution < -0.4 is 33.2 Å². The number of hydrogen-bond acceptors (Lipinski definition) is 8. The molecule has 3 rings (SSSR count). The Kier molecular flexibility index (Phi) is 12.0. The van der Waals surface area contributed by atoms with Crippen molar-refractivity contribution in [3.8, 4) is 5.75 Å². The van der Waals surface area contributed by atoms with Crippen LogP contribution in [0.4, 0.5) is 0 Å². The molecule has 4 unspecified atom stereocenters. The number of nitrogens with one attached hydrogen (secondary N) is 4. The average Bonchev–Trinajstić information content (AvgIpc) is 3.40. The number of primary amides is 2. The number of carbonyl (C=O) groups excluding carboxylic acids is 5. The second kappa shape index (κ2) is 15.9. The number of aromatic hydroxyl groups is 1. The van der Waals surface area contributed by atoms with Crippen molar-refractivity contribution in [1.29, 1.82) is 0 Å². The number of phenolic OH excluding ortho intramolecular Hbond substituents is 1. The zero-order valence-corrected chi connectivity index (χ0v) is 24.3. The van der Waals surface area contributed by atoms with Crippen LogP contribution in [0.5, 0.6) is 5.75 Å². The first-order chi connectivity index (χ1) is 21.3. The molecule has 0 spiro atoms. The van der Waals surface area contributed by atoms with E-state index >= 15 is 0 Å². The highest BCUT2D eigenvalue weighted by atomic mass is 16.4. The van der Waals surface area contributed by atoms with Gasteiger partial charge < -0.3 is 48.3 Å². The number of benzene rings is 2. The number of fused-ring (bicyclic) bond motifs is 1. The molecule has 15 heteroatoms. The summed E-state index contributed by atoms with van der Waals surface area (Å²) in [6.07, 6.45) is 0.566. The van der Waals surface area contributed by atoms with Crippen LogP contribution in [-0.2, 0) is 41.6 Å². The molecule has 0 bridgehead atoms. The lowest BCUT2D eigenvalue weighted by atomic mass is 10.0. The number of H-pyrrole nitrogens is 1. The number of para-hydroxylation sites is 1. The molecule has 1 aromatic heterocycles. The summed E-state index contributed by atoms with van der Waals surface area (Å²) in [4.78, 5) is 77.6. The first kappa shape index (κ1) is 34.1. The zero-order chi connectivity index (χ0) is 33.1. The number of aliphatic carboxylic acids is 1. The molecule has 0 saturated carbocycles. The highest BCUT2D eigenvalue weighted by Gasteiger charge is 2.31. The van der Waals surface area contributed by atoms with E-state index in [-0.39, 0.29) is 44.3 Å². The number of carboxylic acid groups (broad SMARTS) is 1. The van der Waals surface area contributed by atoms with Crippen molar-refractivity contribution in [3.63, 3.8) is 0 Å². The summed E-state index contributed by atoms with van der Waals surface area (Å²) in [6, 6.07) is 7.99. The van der Waals surface area contributed by atoms with Gasteiger partial charge in [0.25, 0.3) is 0 Å². The van der Waals surface area contributed by atoms with Gasteiger partial charge in [-0.3, -0.25) is 24.0 Å². The fraction of sp³-hybridized carbons (Fsp3) is 0.333. The van der Waals surface area contributed by atoms with Crippen molar-refractivity contribution in [2.24, 2.45) is 17.2 Å². The van der Waals surface area contributed by atoms with Crippen molar-refractivity contribution >= 4 is 46.4 Å². The van der Waals surface area contributed by atoms with E-state index in [9.17, 15) is 39.0 Å². The molecule has 12 N–H and O–H groups in total. The molecule has 1 heterocycles. The smallest absolute Gasteiger partial charge is 0.326 e. The van der Waals surface area contributed by atoms with Crippen LogP contribution in [0.25, 0.3) is 10.9 Å². The van der Waals surface area contributed by atoms with Gasteiger partial charge in [0.15, 0.2) is 0 Å². The van der Waals surface area contributed by atoms with Gasteiger partial charge in [-0.2, -0.15) is 0 Å². The fourth-order valence-electron chi connectivity index (χ4n) is 4.63. The SMILES string of the molecule is NC(=O)CCC(NC(=O)C(Cc1c[nH]c2ccccc12)NC(=O)C(CCC(N)=O)NC(=O)C(N)Cc1ccc(O)cc1)C(=O)O. The maximum absolute atomic E-state index is 13.5. The molecule has 0 saturated heterocycles. The maximum atomic E-state index is 13.5. The van der Waals surface area contributed by atoms with Crippen LogP contribution >= 0.6 is 0 Å². The van der Waals surface area contributed by atoms with Crippen LogP contribution in [0.3, 0.4) is 0 Å². The van der Waals surface area contributed by atoms with Crippen molar-refractivity contribution < 1.29 is 39.0 Å². The normalized spacial score (nSPS) is 13.6. The Morgan fingerprint density at radius 1 is 0.733 bits per heavy atom. The van der Waals surface area contributed by atoms with Crippen LogP contribution in [0.1, 0.15) is 36.8 Å². The number of carboxylic acids is 1. The molecule has 2 aromatic carbocycles. The van der Waals surface area contributed by atoms with E-state index in [0.29, 0.717) is 11.1 Å². The summed E-state index contributed by atoms with van der Waals surface area (Å²) in [5.41, 5.74) is 18.5. The van der Waals surface area contributed by atoms with E-state index in [0.717, 1.165) is 10.9 Å². The summed E-state index contributed by atoms with van der Waals surface area (Å²) < 4.78 is 0. The Balaban J connectivity index is 1.83. The van der Waals surface area contributed by atoms with Crippen molar-refractivity contribution in [2.45, 2.75) is 62.7 Å². The zero-order valence-electron chi connectivity index (χ0n) is 24.3. The van der Waals surface area contributed by atoms with E-state index in [1.165, 1.54) is 12.1 Å². The molecule has 0 aliphatic rings. The van der Waals surface area contributed by atoms with Gasteiger partial charge in [0, 0.05) is 36.4 Å². The molecule has 240 valence electrons. The molecule has 15 nitrogen and oxygen atoms in total. The monoisotopic (exact) mass is 623 g/mol. The quantitative estimate of drug-likeness (QED) is 0.0896. The van der Waals surface area contributed by atoms with Crippen LogP contribution in [0, 0.1) is 0 Å². The number of amides is 5. The third-order valence-corrected chi connectivity index (χ3v) is 7.07. The Hall–Kier alpha value is -5.44. The average molecular weight is 624 g/mol. The first-order valence-corrected chi connectivity index (χ1v) is 14.1. The van der Waals surface area contributed by atoms with Gasteiger partial charge in [-0.25, -0.2) is 4.79 Å². The van der Waals surface area contributed by atoms with Gasteiger partial charge >= 0.3 is 5.97 Å². The minimum absolute atomic E-state index is 0.0359. The summed E-state index contributed by atoms with van der Waals surface area (Å²) in [5.74, 6) is -5.29. The highest BCUT2D eigenvalue weighted by molar-refractivity contribution is 5.95. The predicted molar refractivity (Wildman–Crippen MR) is 162 cm³/mol. The molecule has 0 radical (unpaired) electrons. The number of nitrogens with two attached hydrogens (primary N) is 3. The second-order valence-corrected chi connectivity index (χ2v) is 10.6. The van der Waals surface area contributed by atoms with Crippen LogP contribution in [0.2, 0.25) is 0 Å². The number of aromatic amines is 1. The van der Waals surface area contributed by atoms with Crippen molar-refractivity contribution in [2.75, 3.05) is 0 Å². The number of aromatic nitrogens is 1. The molecule has 0 aliphatic carbocycles. The number of rotatable bonds is 17. The second-order valence-electron chi connectivity index (χ2n) is 10.6. The highest BCUT2D eigenvalue weighted by Crippen LogP contribution is 2.19. The van der Waals surface area contributed by atoms with Crippen molar-refractivity contribution in [1.82, 2.24) is 20.9 Å². The lowest BCUT2D eigenvalue weighted by Crippen LogP contribution is -2.58. The lowest BCUT2D eigenvalue weighted by molar-refractivity contribution is -0.142. The third-order valence-electron chi connectivity index (χ3n) is 7.07. The number of hydrogen-bond donors (Lipinski definition) is 9. The molecule has 0 aliphatic heterocycles. The van der Waals surface area contributed by atoms with Crippen LogP contribution in [0.15, 0.2) is 54.7 Å². The lowest BCUT2D eigenvalue weighted by Gasteiger charge is -2.25. The Morgan fingerprint density at radius 2 is 1.29 bits per heavy atom. The number of carbonyl (C=O) groups is 6. The minimum atomic E-state index is -1.48. The topological polar surface area (TPSA) is 273 Å². The van der Waals surface area contributed by atoms with E-state index in [4.69, 9.17) is 17.2 Å². The third kappa shape index (κ3) is 10.4. The molecular formula is C30H37N7O8. The largest absolute Gasteiger partial charge is 0.508 e. The standard InChI is InChI=1S/C30H37N7O8/c31-20(13-16-5-7-18(38)8-6-16)27(41)35-22(9-11-25(32)39)28(42)37-24(14-17-15-34-21-4-2-1-3-19(17)21)29(43)36-23(30(44)45)10-12-26(33)40/h1-8,15,20,22-24,34,38H,9-14,31H2,(H2,32,39)(H2,33,40)(H,35,41)(H,36,43)(H,37,42)(H,44,45). The molecular weight excluding hydrogens is 586 g/mol. The van der Waals surface area contributed by atoms with Gasteiger partial charge in [0.2, 0.25) is 29.5 Å². The maximum Gasteiger partial charge on any atom is 0.326 e. The molecule has 3 aromatic rings. The van der Waals surface area contributed by atoms with Gasteiger partial charge in [-0.05, 0) is 48.6 Å². The van der Waals surface area contributed by atoms with Gasteiger partial charge in [-0.15, -0.1) is 0 Å². The predicted octanol–water partition coefficient (Wildman–Crippen LogP) is -0.944. The van der Waals surface area contributed by atoms with Gasteiger partial charge in [0.05, 0.1) is 6.04 Å². The fourth-order valence-corrected chi connectivity index (χ4v) is 4.63. The van der Waals surface area contributed by atoms with E-state index in [1.807, 2.05) is 12.1 Å². The minimum Gasteiger partial charge on any atom is -0.508 e. The summed E-state index contributed by atoms with van der Waals surface area (Å²) in [5, 5.41) is 27.3.